The van der Waals surface area contributed by atoms with Crippen molar-refractivity contribution in [3.63, 3.8) is 0 Å². The van der Waals surface area contributed by atoms with Crippen molar-refractivity contribution in [1.82, 2.24) is 9.97 Å². The summed E-state index contributed by atoms with van der Waals surface area (Å²) in [6.45, 7) is 0. The third-order valence-corrected chi connectivity index (χ3v) is 2.57. The summed E-state index contributed by atoms with van der Waals surface area (Å²) < 4.78 is 12.9. The van der Waals surface area contributed by atoms with Crippen LogP contribution in [0.5, 0.6) is 0 Å². The van der Waals surface area contributed by atoms with Gasteiger partial charge in [0.1, 0.15) is 0 Å². The molecule has 4 heteroatoms. The number of rotatable bonds is 2. The van der Waals surface area contributed by atoms with Crippen LogP contribution in [-0.2, 0) is 5.33 Å². The average Bonchev–Trinajstić information content (AvgIpc) is 2.30. The standard InChI is InChI=1S/C11H8BrFN2/c12-6-10-9(3-4-11(13)15-10)8-2-1-5-14-7-8/h1-5,7H,6H2. The molecule has 0 aliphatic heterocycles. The van der Waals surface area contributed by atoms with Crippen LogP contribution >= 0.6 is 15.9 Å². The van der Waals surface area contributed by atoms with Gasteiger partial charge in [0.2, 0.25) is 5.95 Å². The summed E-state index contributed by atoms with van der Waals surface area (Å²) in [6.07, 6.45) is 3.44. The van der Waals surface area contributed by atoms with E-state index in [1.54, 1.807) is 18.5 Å². The van der Waals surface area contributed by atoms with Gasteiger partial charge in [0, 0.05) is 28.9 Å². The first-order chi connectivity index (χ1) is 7.31. The Morgan fingerprint density at radius 3 is 2.80 bits per heavy atom. The van der Waals surface area contributed by atoms with E-state index in [9.17, 15) is 4.39 Å². The molecule has 0 radical (unpaired) electrons. The molecule has 0 aliphatic rings. The SMILES string of the molecule is Fc1ccc(-c2cccnc2)c(CBr)n1. The largest absolute Gasteiger partial charge is 0.264 e. The molecular formula is C11H8BrFN2. The maximum atomic E-state index is 12.9. The van der Waals surface area contributed by atoms with Crippen LogP contribution in [0.15, 0.2) is 36.7 Å². The van der Waals surface area contributed by atoms with Gasteiger partial charge in [0.05, 0.1) is 5.69 Å². The van der Waals surface area contributed by atoms with Crippen LogP contribution in [0.4, 0.5) is 4.39 Å². The lowest BCUT2D eigenvalue weighted by Crippen LogP contribution is -1.94. The van der Waals surface area contributed by atoms with Crippen molar-refractivity contribution < 1.29 is 4.39 Å². The lowest BCUT2D eigenvalue weighted by atomic mass is 10.1. The summed E-state index contributed by atoms with van der Waals surface area (Å²) in [6, 6.07) is 6.84. The molecule has 2 nitrogen and oxygen atoms in total. The van der Waals surface area contributed by atoms with Crippen LogP contribution in [0.25, 0.3) is 11.1 Å². The Morgan fingerprint density at radius 1 is 1.27 bits per heavy atom. The van der Waals surface area contributed by atoms with Crippen molar-refractivity contribution in [3.05, 3.63) is 48.3 Å². The molecule has 0 aliphatic carbocycles. The van der Waals surface area contributed by atoms with Gasteiger partial charge in [-0.3, -0.25) is 4.98 Å². The Labute approximate surface area is 95.3 Å². The lowest BCUT2D eigenvalue weighted by molar-refractivity contribution is 0.580. The number of halogens is 2. The molecular weight excluding hydrogens is 259 g/mol. The molecule has 0 atom stereocenters. The van der Waals surface area contributed by atoms with E-state index in [1.165, 1.54) is 6.07 Å². The van der Waals surface area contributed by atoms with E-state index in [0.717, 1.165) is 11.1 Å². The molecule has 2 aromatic rings. The fourth-order valence-corrected chi connectivity index (χ4v) is 1.79. The van der Waals surface area contributed by atoms with Crippen molar-refractivity contribution in [2.75, 3.05) is 0 Å². The second kappa shape index (κ2) is 4.49. The van der Waals surface area contributed by atoms with Gasteiger partial charge < -0.3 is 0 Å². The third-order valence-electron chi connectivity index (χ3n) is 2.04. The Morgan fingerprint density at radius 2 is 2.13 bits per heavy atom. The second-order valence-corrected chi connectivity index (χ2v) is 3.56. The zero-order chi connectivity index (χ0) is 10.7. The Balaban J connectivity index is 2.53. The predicted molar refractivity (Wildman–Crippen MR) is 60.1 cm³/mol. The number of hydrogen-bond acceptors (Lipinski definition) is 2. The Kier molecular flexibility index (Phi) is 3.06. The average molecular weight is 267 g/mol. The van der Waals surface area contributed by atoms with Crippen LogP contribution < -0.4 is 0 Å². The molecule has 2 rings (SSSR count). The van der Waals surface area contributed by atoms with Crippen molar-refractivity contribution in [3.8, 4) is 11.1 Å². The molecule has 0 amide bonds. The molecule has 0 fully saturated rings. The van der Waals surface area contributed by atoms with Gasteiger partial charge in [-0.2, -0.15) is 4.39 Å². The number of hydrogen-bond donors (Lipinski definition) is 0. The van der Waals surface area contributed by atoms with Crippen LogP contribution in [-0.4, -0.2) is 9.97 Å². The van der Waals surface area contributed by atoms with Crippen LogP contribution in [0.2, 0.25) is 0 Å². The smallest absolute Gasteiger partial charge is 0.213 e. The van der Waals surface area contributed by atoms with E-state index in [1.807, 2.05) is 12.1 Å². The summed E-state index contributed by atoms with van der Waals surface area (Å²) in [7, 11) is 0. The zero-order valence-corrected chi connectivity index (χ0v) is 9.41. The molecule has 15 heavy (non-hydrogen) atoms. The molecule has 0 spiro atoms. The van der Waals surface area contributed by atoms with E-state index in [4.69, 9.17) is 0 Å². The quantitative estimate of drug-likeness (QED) is 0.617. The molecule has 0 unspecified atom stereocenters. The summed E-state index contributed by atoms with van der Waals surface area (Å²) in [5.74, 6) is -0.461. The molecule has 2 aromatic heterocycles. The van der Waals surface area contributed by atoms with E-state index < -0.39 is 5.95 Å². The van der Waals surface area contributed by atoms with Crippen molar-refractivity contribution in [1.29, 1.82) is 0 Å². The van der Waals surface area contributed by atoms with Crippen LogP contribution in [0, 0.1) is 5.95 Å². The van der Waals surface area contributed by atoms with Crippen molar-refractivity contribution in [2.45, 2.75) is 5.33 Å². The topological polar surface area (TPSA) is 25.8 Å². The molecule has 0 bridgehead atoms. The van der Waals surface area contributed by atoms with Gasteiger partial charge in [0.25, 0.3) is 0 Å². The van der Waals surface area contributed by atoms with E-state index in [0.29, 0.717) is 11.0 Å². The first-order valence-corrected chi connectivity index (χ1v) is 5.55. The number of pyridine rings is 2. The lowest BCUT2D eigenvalue weighted by Gasteiger charge is -2.05. The highest BCUT2D eigenvalue weighted by Gasteiger charge is 2.06. The van der Waals surface area contributed by atoms with Gasteiger partial charge in [-0.05, 0) is 18.2 Å². The number of nitrogens with zero attached hydrogens (tertiary/aromatic N) is 2. The highest BCUT2D eigenvalue weighted by Crippen LogP contribution is 2.23. The van der Waals surface area contributed by atoms with Gasteiger partial charge >= 0.3 is 0 Å². The molecule has 76 valence electrons. The summed E-state index contributed by atoms with van der Waals surface area (Å²) >= 11 is 3.29. The van der Waals surface area contributed by atoms with Gasteiger partial charge in [0.15, 0.2) is 0 Å². The van der Waals surface area contributed by atoms with Crippen LogP contribution in [0.3, 0.4) is 0 Å². The van der Waals surface area contributed by atoms with Crippen LogP contribution in [0.1, 0.15) is 5.69 Å². The predicted octanol–water partition coefficient (Wildman–Crippen LogP) is 3.18. The monoisotopic (exact) mass is 266 g/mol. The van der Waals surface area contributed by atoms with Gasteiger partial charge in [-0.1, -0.05) is 22.0 Å². The van der Waals surface area contributed by atoms with E-state index in [-0.39, 0.29) is 0 Å². The highest BCUT2D eigenvalue weighted by atomic mass is 79.9. The third kappa shape index (κ3) is 2.21. The second-order valence-electron chi connectivity index (χ2n) is 3.00. The fourth-order valence-electron chi connectivity index (χ4n) is 1.36. The molecule has 0 saturated heterocycles. The fraction of sp³-hybridized carbons (Fsp3) is 0.0909. The zero-order valence-electron chi connectivity index (χ0n) is 7.82. The normalized spacial score (nSPS) is 10.3. The van der Waals surface area contributed by atoms with Crippen molar-refractivity contribution in [2.24, 2.45) is 0 Å². The van der Waals surface area contributed by atoms with Gasteiger partial charge in [-0.15, -0.1) is 0 Å². The molecule has 0 N–H and O–H groups in total. The molecule has 0 saturated carbocycles. The van der Waals surface area contributed by atoms with Crippen molar-refractivity contribution >= 4 is 15.9 Å². The minimum absolute atomic E-state index is 0.461. The Hall–Kier alpha value is -1.29. The molecule has 0 aromatic carbocycles. The number of aromatic nitrogens is 2. The first kappa shape index (κ1) is 10.2. The Bertz CT molecular complexity index is 459. The summed E-state index contributed by atoms with van der Waals surface area (Å²) in [5.41, 5.74) is 2.53. The maximum absolute atomic E-state index is 12.9. The van der Waals surface area contributed by atoms with E-state index in [2.05, 4.69) is 25.9 Å². The summed E-state index contributed by atoms with van der Waals surface area (Å²) in [5, 5.41) is 0.523. The number of alkyl halides is 1. The van der Waals surface area contributed by atoms with Gasteiger partial charge in [-0.25, -0.2) is 4.98 Å². The maximum Gasteiger partial charge on any atom is 0.213 e. The minimum Gasteiger partial charge on any atom is -0.264 e. The first-order valence-electron chi connectivity index (χ1n) is 4.43. The van der Waals surface area contributed by atoms with E-state index >= 15 is 0 Å². The summed E-state index contributed by atoms with van der Waals surface area (Å²) in [4.78, 5) is 7.85. The molecule has 2 heterocycles. The minimum atomic E-state index is -0.461. The highest BCUT2D eigenvalue weighted by molar-refractivity contribution is 9.08.